The topological polar surface area (TPSA) is 30.0 Å². The van der Waals surface area contributed by atoms with Gasteiger partial charge in [-0.3, -0.25) is 4.98 Å². The first-order valence-electron chi connectivity index (χ1n) is 3.41. The van der Waals surface area contributed by atoms with Gasteiger partial charge in [0.1, 0.15) is 17.9 Å². The molecule has 1 rings (SSSR count). The van der Waals surface area contributed by atoms with Crippen molar-refractivity contribution < 1.29 is 13.6 Å². The van der Waals surface area contributed by atoms with Gasteiger partial charge in [0.05, 0.1) is 12.4 Å². The summed E-state index contributed by atoms with van der Waals surface area (Å²) < 4.78 is 25.7. The number of rotatable bonds is 2. The Hall–Kier alpha value is -1.32. The Morgan fingerprint density at radius 1 is 1.42 bits per heavy atom. The fraction of sp³-hybridized carbons (Fsp3) is 0.250. The maximum atomic E-state index is 12.8. The number of aldehydes is 1. The molecule has 0 radical (unpaired) electrons. The molecule has 0 N–H and O–H groups in total. The van der Waals surface area contributed by atoms with Gasteiger partial charge in [-0.25, -0.2) is 8.78 Å². The summed E-state index contributed by atoms with van der Waals surface area (Å²) >= 11 is 0. The second-order valence-corrected chi connectivity index (χ2v) is 2.44. The molecule has 2 nitrogen and oxygen atoms in total. The first-order chi connectivity index (χ1) is 5.66. The van der Waals surface area contributed by atoms with Crippen LogP contribution in [0.2, 0.25) is 0 Å². The number of hydrogen-bond acceptors (Lipinski definition) is 2. The molecule has 1 unspecified atom stereocenters. The zero-order valence-electron chi connectivity index (χ0n) is 6.42. The molecule has 0 aliphatic heterocycles. The second kappa shape index (κ2) is 3.38. The van der Waals surface area contributed by atoms with E-state index >= 15 is 0 Å². The van der Waals surface area contributed by atoms with Crippen molar-refractivity contribution >= 4 is 6.29 Å². The summed E-state index contributed by atoms with van der Waals surface area (Å²) in [5, 5.41) is 0. The van der Waals surface area contributed by atoms with E-state index in [-0.39, 0.29) is 5.56 Å². The standard InChI is InChI=1S/C8H7F2NO/c1-5(4-12)8-6(9)2-11-3-7(8)10/h2-5H,1H3. The Balaban J connectivity index is 3.20. The average Bonchev–Trinajstić information content (AvgIpc) is 2.03. The molecule has 0 aliphatic carbocycles. The Kier molecular flexibility index (Phi) is 2.47. The maximum absolute atomic E-state index is 12.8. The van der Waals surface area contributed by atoms with Crippen molar-refractivity contribution in [3.05, 3.63) is 29.6 Å². The lowest BCUT2D eigenvalue weighted by atomic mass is 10.0. The van der Waals surface area contributed by atoms with Crippen LogP contribution in [0.25, 0.3) is 0 Å². The van der Waals surface area contributed by atoms with Crippen molar-refractivity contribution in [1.82, 2.24) is 4.98 Å². The van der Waals surface area contributed by atoms with Crippen molar-refractivity contribution in [2.75, 3.05) is 0 Å². The molecule has 64 valence electrons. The normalized spacial score (nSPS) is 12.6. The number of carbonyl (C=O) groups excluding carboxylic acids is 1. The first-order valence-corrected chi connectivity index (χ1v) is 3.41. The maximum Gasteiger partial charge on any atom is 0.148 e. The third-order valence-corrected chi connectivity index (χ3v) is 1.55. The molecule has 1 aromatic heterocycles. The van der Waals surface area contributed by atoms with Crippen molar-refractivity contribution in [1.29, 1.82) is 0 Å². The van der Waals surface area contributed by atoms with Gasteiger partial charge >= 0.3 is 0 Å². The van der Waals surface area contributed by atoms with E-state index in [1.165, 1.54) is 6.92 Å². The van der Waals surface area contributed by atoms with Crippen molar-refractivity contribution in [2.45, 2.75) is 12.8 Å². The minimum atomic E-state index is -0.783. The summed E-state index contributed by atoms with van der Waals surface area (Å²) in [5.74, 6) is -2.34. The predicted octanol–water partition coefficient (Wildman–Crippen LogP) is 1.66. The highest BCUT2D eigenvalue weighted by Gasteiger charge is 2.15. The molecule has 1 aromatic rings. The largest absolute Gasteiger partial charge is 0.303 e. The van der Waals surface area contributed by atoms with Gasteiger partial charge in [0.15, 0.2) is 0 Å². The second-order valence-electron chi connectivity index (χ2n) is 2.44. The lowest BCUT2D eigenvalue weighted by Gasteiger charge is -2.05. The third kappa shape index (κ3) is 1.47. The van der Waals surface area contributed by atoms with Crippen molar-refractivity contribution in [3.63, 3.8) is 0 Å². The van der Waals surface area contributed by atoms with Crippen LogP contribution in [0.1, 0.15) is 18.4 Å². The van der Waals surface area contributed by atoms with Gasteiger partial charge in [-0.05, 0) is 0 Å². The fourth-order valence-corrected chi connectivity index (χ4v) is 0.924. The van der Waals surface area contributed by atoms with E-state index in [0.717, 1.165) is 12.4 Å². The van der Waals surface area contributed by atoms with Gasteiger partial charge in [-0.2, -0.15) is 0 Å². The third-order valence-electron chi connectivity index (χ3n) is 1.55. The molecule has 0 bridgehead atoms. The first kappa shape index (κ1) is 8.77. The summed E-state index contributed by atoms with van der Waals surface area (Å²) in [6, 6.07) is 0. The van der Waals surface area contributed by atoms with E-state index in [1.54, 1.807) is 0 Å². The zero-order valence-corrected chi connectivity index (χ0v) is 6.42. The molecule has 0 saturated heterocycles. The molecule has 1 atom stereocenters. The molecule has 12 heavy (non-hydrogen) atoms. The van der Waals surface area contributed by atoms with Crippen LogP contribution in [0, 0.1) is 11.6 Å². The molecular weight excluding hydrogens is 164 g/mol. The van der Waals surface area contributed by atoms with Crippen LogP contribution in [-0.4, -0.2) is 11.3 Å². The highest BCUT2D eigenvalue weighted by Crippen LogP contribution is 2.18. The van der Waals surface area contributed by atoms with Gasteiger partial charge in [0, 0.05) is 11.5 Å². The number of hydrogen-bond donors (Lipinski definition) is 0. The minimum absolute atomic E-state index is 0.222. The molecule has 0 fully saturated rings. The van der Waals surface area contributed by atoms with Crippen molar-refractivity contribution in [2.24, 2.45) is 0 Å². The van der Waals surface area contributed by atoms with Crippen LogP contribution in [0.5, 0.6) is 0 Å². The lowest BCUT2D eigenvalue weighted by Crippen LogP contribution is -2.02. The summed E-state index contributed by atoms with van der Waals surface area (Å²) in [4.78, 5) is 13.6. The lowest BCUT2D eigenvalue weighted by molar-refractivity contribution is -0.108. The van der Waals surface area contributed by atoms with Crippen molar-refractivity contribution in [3.8, 4) is 0 Å². The summed E-state index contributed by atoms with van der Waals surface area (Å²) in [7, 11) is 0. The molecule has 1 heterocycles. The van der Waals surface area contributed by atoms with Crippen LogP contribution in [0.15, 0.2) is 12.4 Å². The molecule has 0 aromatic carbocycles. The fourth-order valence-electron chi connectivity index (χ4n) is 0.924. The Morgan fingerprint density at radius 3 is 2.33 bits per heavy atom. The smallest absolute Gasteiger partial charge is 0.148 e. The number of carbonyl (C=O) groups is 1. The SMILES string of the molecule is CC(C=O)c1c(F)cncc1F. The van der Waals surface area contributed by atoms with Gasteiger partial charge < -0.3 is 4.79 Å². The highest BCUT2D eigenvalue weighted by molar-refractivity contribution is 5.61. The van der Waals surface area contributed by atoms with E-state index in [9.17, 15) is 13.6 Å². The van der Waals surface area contributed by atoms with Gasteiger partial charge in [-0.15, -0.1) is 0 Å². The van der Waals surface area contributed by atoms with E-state index in [1.807, 2.05) is 0 Å². The Labute approximate surface area is 68.2 Å². The van der Waals surface area contributed by atoms with Crippen LogP contribution in [-0.2, 0) is 4.79 Å². The molecule has 0 saturated carbocycles. The quantitative estimate of drug-likeness (QED) is 0.633. The minimum Gasteiger partial charge on any atom is -0.303 e. The van der Waals surface area contributed by atoms with Crippen LogP contribution in [0.3, 0.4) is 0 Å². The number of nitrogens with zero attached hydrogens (tertiary/aromatic N) is 1. The summed E-state index contributed by atoms with van der Waals surface area (Å²) in [5.41, 5.74) is -0.222. The Bertz CT molecular complexity index is 281. The molecule has 0 spiro atoms. The van der Waals surface area contributed by atoms with Gasteiger partial charge in [-0.1, -0.05) is 6.92 Å². The number of aromatic nitrogens is 1. The van der Waals surface area contributed by atoms with Crippen LogP contribution in [0.4, 0.5) is 8.78 Å². The monoisotopic (exact) mass is 171 g/mol. The number of pyridine rings is 1. The Morgan fingerprint density at radius 2 is 1.92 bits per heavy atom. The zero-order chi connectivity index (χ0) is 9.14. The molecular formula is C8H7F2NO. The molecule has 0 aliphatic rings. The van der Waals surface area contributed by atoms with Crippen LogP contribution < -0.4 is 0 Å². The van der Waals surface area contributed by atoms with E-state index in [2.05, 4.69) is 4.98 Å². The van der Waals surface area contributed by atoms with E-state index < -0.39 is 17.6 Å². The van der Waals surface area contributed by atoms with Crippen LogP contribution >= 0.6 is 0 Å². The summed E-state index contributed by atoms with van der Waals surface area (Å²) in [6.07, 6.45) is 2.26. The molecule has 4 heteroatoms. The molecule has 0 amide bonds. The van der Waals surface area contributed by atoms with Gasteiger partial charge in [0.25, 0.3) is 0 Å². The van der Waals surface area contributed by atoms with E-state index in [4.69, 9.17) is 0 Å². The number of halogens is 2. The summed E-state index contributed by atoms with van der Waals surface area (Å²) in [6.45, 7) is 1.43. The average molecular weight is 171 g/mol. The predicted molar refractivity (Wildman–Crippen MR) is 38.6 cm³/mol. The highest BCUT2D eigenvalue weighted by atomic mass is 19.1. The van der Waals surface area contributed by atoms with Gasteiger partial charge in [0.2, 0.25) is 0 Å². The van der Waals surface area contributed by atoms with E-state index in [0.29, 0.717) is 6.29 Å².